The smallest absolute Gasteiger partial charge is 0.0911 e. The SMILES string of the molecule is CC1CCCCCN1CC1(CC(=N)N)CC1. The number of nitrogens with two attached hydrogens (primary N) is 1. The molecule has 2 aliphatic rings. The summed E-state index contributed by atoms with van der Waals surface area (Å²) in [7, 11) is 0. The maximum absolute atomic E-state index is 7.46. The summed E-state index contributed by atoms with van der Waals surface area (Å²) in [5.41, 5.74) is 5.93. The molecule has 3 heteroatoms. The molecule has 0 amide bonds. The maximum Gasteiger partial charge on any atom is 0.0911 e. The molecule has 0 radical (unpaired) electrons. The summed E-state index contributed by atoms with van der Waals surface area (Å²) in [5.74, 6) is 0.375. The third-order valence-corrected chi connectivity index (χ3v) is 4.25. The highest BCUT2D eigenvalue weighted by molar-refractivity contribution is 5.78. The van der Waals surface area contributed by atoms with Gasteiger partial charge >= 0.3 is 0 Å². The number of nitrogens with zero attached hydrogens (tertiary/aromatic N) is 1. The highest BCUT2D eigenvalue weighted by Gasteiger charge is 2.44. The molecule has 1 heterocycles. The summed E-state index contributed by atoms with van der Waals surface area (Å²) in [5, 5.41) is 7.46. The normalized spacial score (nSPS) is 29.7. The van der Waals surface area contributed by atoms with Crippen molar-refractivity contribution in [1.29, 1.82) is 5.41 Å². The Hall–Kier alpha value is -0.570. The van der Waals surface area contributed by atoms with Gasteiger partial charge in [-0.2, -0.15) is 0 Å². The van der Waals surface area contributed by atoms with Crippen LogP contribution in [-0.4, -0.2) is 29.9 Å². The van der Waals surface area contributed by atoms with E-state index in [0.29, 0.717) is 11.3 Å². The Bertz CT molecular complexity index is 258. The van der Waals surface area contributed by atoms with Crippen LogP contribution < -0.4 is 5.73 Å². The molecule has 1 saturated carbocycles. The van der Waals surface area contributed by atoms with E-state index in [9.17, 15) is 0 Å². The molecule has 1 saturated heterocycles. The topological polar surface area (TPSA) is 53.1 Å². The van der Waals surface area contributed by atoms with Crippen molar-refractivity contribution in [2.45, 2.75) is 57.9 Å². The van der Waals surface area contributed by atoms with Crippen LogP contribution in [0.15, 0.2) is 0 Å². The van der Waals surface area contributed by atoms with Gasteiger partial charge in [0.1, 0.15) is 0 Å². The molecule has 0 aromatic carbocycles. The van der Waals surface area contributed by atoms with Gasteiger partial charge in [-0.15, -0.1) is 0 Å². The molecule has 2 rings (SSSR count). The summed E-state index contributed by atoms with van der Waals surface area (Å²) >= 11 is 0. The quantitative estimate of drug-likeness (QED) is 0.568. The number of likely N-dealkylation sites (tertiary alicyclic amines) is 1. The second-order valence-electron chi connectivity index (χ2n) is 5.87. The molecule has 16 heavy (non-hydrogen) atoms. The van der Waals surface area contributed by atoms with E-state index >= 15 is 0 Å². The molecule has 0 spiro atoms. The molecule has 1 aliphatic heterocycles. The predicted octanol–water partition coefficient (Wildman–Crippen LogP) is 2.36. The van der Waals surface area contributed by atoms with Crippen molar-refractivity contribution >= 4 is 5.84 Å². The van der Waals surface area contributed by atoms with Crippen molar-refractivity contribution in [3.63, 3.8) is 0 Å². The first-order valence-corrected chi connectivity index (χ1v) is 6.68. The van der Waals surface area contributed by atoms with Gasteiger partial charge in [0, 0.05) is 19.0 Å². The Kier molecular flexibility index (Phi) is 3.53. The van der Waals surface area contributed by atoms with Gasteiger partial charge in [0.15, 0.2) is 0 Å². The average molecular weight is 223 g/mol. The van der Waals surface area contributed by atoms with Gasteiger partial charge in [-0.25, -0.2) is 0 Å². The predicted molar refractivity (Wildman–Crippen MR) is 67.7 cm³/mol. The molecule has 1 atom stereocenters. The zero-order valence-corrected chi connectivity index (χ0v) is 10.5. The van der Waals surface area contributed by atoms with E-state index in [4.69, 9.17) is 11.1 Å². The van der Waals surface area contributed by atoms with Crippen molar-refractivity contribution < 1.29 is 0 Å². The van der Waals surface area contributed by atoms with Gasteiger partial charge < -0.3 is 10.6 Å². The van der Waals surface area contributed by atoms with E-state index in [2.05, 4.69) is 11.8 Å². The molecule has 3 N–H and O–H groups in total. The van der Waals surface area contributed by atoms with E-state index < -0.39 is 0 Å². The minimum absolute atomic E-state index is 0.375. The maximum atomic E-state index is 7.46. The zero-order valence-electron chi connectivity index (χ0n) is 10.5. The Morgan fingerprint density at radius 3 is 2.75 bits per heavy atom. The van der Waals surface area contributed by atoms with Crippen LogP contribution in [0.1, 0.15) is 51.9 Å². The van der Waals surface area contributed by atoms with Gasteiger partial charge in [-0.1, -0.05) is 12.8 Å². The first kappa shape index (κ1) is 11.9. The van der Waals surface area contributed by atoms with E-state index in [1.807, 2.05) is 0 Å². The summed E-state index contributed by atoms with van der Waals surface area (Å²) in [6.45, 7) is 4.78. The van der Waals surface area contributed by atoms with E-state index in [1.165, 1.54) is 51.6 Å². The van der Waals surface area contributed by atoms with Crippen molar-refractivity contribution in [1.82, 2.24) is 4.90 Å². The molecule has 1 aliphatic carbocycles. The number of nitrogens with one attached hydrogen (secondary N) is 1. The second kappa shape index (κ2) is 4.74. The van der Waals surface area contributed by atoms with Crippen LogP contribution in [0.4, 0.5) is 0 Å². The fourth-order valence-electron chi connectivity index (χ4n) is 2.97. The number of amidine groups is 1. The van der Waals surface area contributed by atoms with Crippen LogP contribution in [0.5, 0.6) is 0 Å². The fourth-order valence-corrected chi connectivity index (χ4v) is 2.97. The third-order valence-electron chi connectivity index (χ3n) is 4.25. The molecule has 92 valence electrons. The van der Waals surface area contributed by atoms with Gasteiger partial charge in [0.05, 0.1) is 5.84 Å². The van der Waals surface area contributed by atoms with Crippen LogP contribution >= 0.6 is 0 Å². The number of rotatable bonds is 4. The molecule has 2 fully saturated rings. The lowest BCUT2D eigenvalue weighted by Gasteiger charge is -2.31. The minimum Gasteiger partial charge on any atom is -0.388 e. The molecular weight excluding hydrogens is 198 g/mol. The van der Waals surface area contributed by atoms with Crippen LogP contribution in [0, 0.1) is 10.8 Å². The summed E-state index contributed by atoms with van der Waals surface area (Å²) in [4.78, 5) is 2.64. The van der Waals surface area contributed by atoms with E-state index in [-0.39, 0.29) is 0 Å². The van der Waals surface area contributed by atoms with Gasteiger partial charge in [-0.05, 0) is 44.6 Å². The van der Waals surface area contributed by atoms with Crippen LogP contribution in [0.2, 0.25) is 0 Å². The molecule has 1 unspecified atom stereocenters. The second-order valence-corrected chi connectivity index (χ2v) is 5.87. The van der Waals surface area contributed by atoms with Crippen molar-refractivity contribution in [3.05, 3.63) is 0 Å². The number of hydrogen-bond acceptors (Lipinski definition) is 2. The third kappa shape index (κ3) is 2.97. The van der Waals surface area contributed by atoms with E-state index in [1.54, 1.807) is 0 Å². The lowest BCUT2D eigenvalue weighted by Crippen LogP contribution is -2.38. The van der Waals surface area contributed by atoms with Gasteiger partial charge in [0.25, 0.3) is 0 Å². The molecule has 0 aromatic heterocycles. The summed E-state index contributed by atoms with van der Waals surface area (Å²) in [6, 6.07) is 0.729. The Morgan fingerprint density at radius 2 is 2.12 bits per heavy atom. The van der Waals surface area contributed by atoms with Crippen LogP contribution in [-0.2, 0) is 0 Å². The first-order valence-electron chi connectivity index (χ1n) is 6.68. The first-order chi connectivity index (χ1) is 7.61. The average Bonchev–Trinajstić information content (AvgIpc) is 2.95. The summed E-state index contributed by atoms with van der Waals surface area (Å²) in [6.07, 6.45) is 8.83. The molecular formula is C13H25N3. The van der Waals surface area contributed by atoms with Crippen molar-refractivity contribution in [2.24, 2.45) is 11.1 Å². The lowest BCUT2D eigenvalue weighted by atomic mass is 10.00. The zero-order chi connectivity index (χ0) is 11.6. The standard InChI is InChI=1S/C13H25N3/c1-11-5-3-2-4-8-16(11)10-13(6-7-13)9-12(14)15/h11H,2-10H2,1H3,(H3,14,15). The van der Waals surface area contributed by atoms with Crippen LogP contribution in [0.25, 0.3) is 0 Å². The Labute approximate surface area is 98.9 Å². The highest BCUT2D eigenvalue weighted by Crippen LogP contribution is 2.49. The Balaban J connectivity index is 1.89. The largest absolute Gasteiger partial charge is 0.388 e. The van der Waals surface area contributed by atoms with Gasteiger partial charge in [0.2, 0.25) is 0 Å². The number of hydrogen-bond donors (Lipinski definition) is 2. The monoisotopic (exact) mass is 223 g/mol. The van der Waals surface area contributed by atoms with Crippen LogP contribution in [0.3, 0.4) is 0 Å². The lowest BCUT2D eigenvalue weighted by molar-refractivity contribution is 0.173. The van der Waals surface area contributed by atoms with E-state index in [0.717, 1.165) is 12.5 Å². The highest BCUT2D eigenvalue weighted by atomic mass is 15.2. The molecule has 0 aromatic rings. The van der Waals surface area contributed by atoms with Crippen molar-refractivity contribution in [2.75, 3.05) is 13.1 Å². The molecule has 0 bridgehead atoms. The van der Waals surface area contributed by atoms with Gasteiger partial charge in [-0.3, -0.25) is 5.41 Å². The molecule has 3 nitrogen and oxygen atoms in total. The fraction of sp³-hybridized carbons (Fsp3) is 0.923. The summed E-state index contributed by atoms with van der Waals surface area (Å²) < 4.78 is 0. The Morgan fingerprint density at radius 1 is 1.38 bits per heavy atom. The minimum atomic E-state index is 0.375. The van der Waals surface area contributed by atoms with Crippen molar-refractivity contribution in [3.8, 4) is 0 Å².